The van der Waals surface area contributed by atoms with Crippen LogP contribution in [0.5, 0.6) is 6.01 Å². The molecule has 2 aromatic heterocycles. The van der Waals surface area contributed by atoms with E-state index in [1.54, 1.807) is 7.11 Å². The molecule has 0 N–H and O–H groups in total. The zero-order chi connectivity index (χ0) is 21.3. The molecule has 0 aliphatic carbocycles. The zero-order valence-corrected chi connectivity index (χ0v) is 17.6. The summed E-state index contributed by atoms with van der Waals surface area (Å²) in [6.45, 7) is 2.41. The summed E-state index contributed by atoms with van der Waals surface area (Å²) in [7, 11) is 2.94. The number of imidazole rings is 1. The fourth-order valence-electron chi connectivity index (χ4n) is 3.50. The predicted octanol–water partition coefficient (Wildman–Crippen LogP) is 4.79. The fourth-order valence-corrected chi connectivity index (χ4v) is 4.51. The first-order valence-electron chi connectivity index (χ1n) is 9.27. The number of rotatable bonds is 5. The van der Waals surface area contributed by atoms with Gasteiger partial charge in [-0.1, -0.05) is 42.5 Å². The second-order valence-electron chi connectivity index (χ2n) is 6.72. The molecule has 0 unspecified atom stereocenters. The SMILES string of the molecule is COC(=O)c1sc(C)c2nc(OC)n(Cc3ccc(-c4ccccc4C#N)cc3)c12. The Morgan fingerprint density at radius 2 is 1.90 bits per heavy atom. The summed E-state index contributed by atoms with van der Waals surface area (Å²) in [4.78, 5) is 18.3. The van der Waals surface area contributed by atoms with Gasteiger partial charge in [-0.05, 0) is 29.7 Å². The maximum Gasteiger partial charge on any atom is 0.350 e. The van der Waals surface area contributed by atoms with Gasteiger partial charge in [-0.15, -0.1) is 11.3 Å². The van der Waals surface area contributed by atoms with Gasteiger partial charge in [0.15, 0.2) is 0 Å². The molecule has 30 heavy (non-hydrogen) atoms. The summed E-state index contributed by atoms with van der Waals surface area (Å²) < 4.78 is 12.3. The number of carbonyl (C=O) groups excluding carboxylic acids is 1. The van der Waals surface area contributed by atoms with E-state index in [2.05, 4.69) is 11.1 Å². The first kappa shape index (κ1) is 19.7. The van der Waals surface area contributed by atoms with Crippen LogP contribution in [0.3, 0.4) is 0 Å². The molecule has 2 heterocycles. The third-order valence-corrected chi connectivity index (χ3v) is 6.01. The molecule has 4 rings (SSSR count). The van der Waals surface area contributed by atoms with E-state index in [9.17, 15) is 10.1 Å². The topological polar surface area (TPSA) is 77.1 Å². The Morgan fingerprint density at radius 1 is 1.17 bits per heavy atom. The van der Waals surface area contributed by atoms with Crippen molar-refractivity contribution in [1.82, 2.24) is 9.55 Å². The summed E-state index contributed by atoms with van der Waals surface area (Å²) >= 11 is 1.37. The molecule has 0 aliphatic rings. The molecule has 0 saturated heterocycles. The number of thiophene rings is 1. The van der Waals surface area contributed by atoms with E-state index in [1.165, 1.54) is 18.4 Å². The molecule has 0 saturated carbocycles. The number of benzene rings is 2. The van der Waals surface area contributed by atoms with Crippen molar-refractivity contribution >= 4 is 28.3 Å². The van der Waals surface area contributed by atoms with Crippen LogP contribution in [0.15, 0.2) is 48.5 Å². The Kier molecular flexibility index (Phi) is 5.25. The Hall–Kier alpha value is -3.63. The molecule has 7 heteroatoms. The molecule has 0 fully saturated rings. The highest BCUT2D eigenvalue weighted by Crippen LogP contribution is 2.35. The van der Waals surface area contributed by atoms with Crippen LogP contribution in [-0.4, -0.2) is 29.7 Å². The van der Waals surface area contributed by atoms with E-state index in [4.69, 9.17) is 9.47 Å². The van der Waals surface area contributed by atoms with Crippen molar-refractivity contribution in [2.24, 2.45) is 0 Å². The van der Waals surface area contributed by atoms with Gasteiger partial charge in [0.05, 0.1) is 37.9 Å². The van der Waals surface area contributed by atoms with Crippen LogP contribution in [-0.2, 0) is 11.3 Å². The quantitative estimate of drug-likeness (QED) is 0.437. The normalized spacial score (nSPS) is 10.7. The molecular weight excluding hydrogens is 398 g/mol. The number of carbonyl (C=O) groups is 1. The van der Waals surface area contributed by atoms with Gasteiger partial charge in [0, 0.05) is 4.88 Å². The third-order valence-electron chi connectivity index (χ3n) is 4.94. The molecule has 0 aliphatic heterocycles. The molecular formula is C23H19N3O3S. The van der Waals surface area contributed by atoms with E-state index in [-0.39, 0.29) is 5.97 Å². The first-order valence-corrected chi connectivity index (χ1v) is 10.1. The van der Waals surface area contributed by atoms with Gasteiger partial charge in [-0.2, -0.15) is 10.2 Å². The van der Waals surface area contributed by atoms with E-state index in [1.807, 2.05) is 60.0 Å². The van der Waals surface area contributed by atoms with Crippen LogP contribution < -0.4 is 4.74 Å². The number of fused-ring (bicyclic) bond motifs is 1. The Labute approximate surface area is 177 Å². The minimum Gasteiger partial charge on any atom is -0.468 e. The summed E-state index contributed by atoms with van der Waals surface area (Å²) in [6.07, 6.45) is 0. The van der Waals surface area contributed by atoms with Crippen LogP contribution in [0.1, 0.15) is 25.7 Å². The van der Waals surface area contributed by atoms with Gasteiger partial charge in [-0.25, -0.2) is 4.79 Å². The van der Waals surface area contributed by atoms with Gasteiger partial charge in [0.1, 0.15) is 10.4 Å². The maximum absolute atomic E-state index is 12.3. The number of nitriles is 1. The van der Waals surface area contributed by atoms with Gasteiger partial charge >= 0.3 is 5.97 Å². The summed E-state index contributed by atoms with van der Waals surface area (Å²) in [5, 5.41) is 9.35. The van der Waals surface area contributed by atoms with Crippen molar-refractivity contribution in [3.63, 3.8) is 0 Å². The fraction of sp³-hybridized carbons (Fsp3) is 0.174. The molecule has 0 atom stereocenters. The number of methoxy groups -OCH3 is 2. The average molecular weight is 417 g/mol. The van der Waals surface area contributed by atoms with Gasteiger partial charge in [0.25, 0.3) is 6.01 Å². The monoisotopic (exact) mass is 417 g/mol. The number of nitrogens with zero attached hydrogens (tertiary/aromatic N) is 3. The largest absolute Gasteiger partial charge is 0.468 e. The number of aryl methyl sites for hydroxylation is 1. The number of hydrogen-bond acceptors (Lipinski definition) is 6. The summed E-state index contributed by atoms with van der Waals surface area (Å²) in [5.41, 5.74) is 5.00. The average Bonchev–Trinajstić information content (AvgIpc) is 3.31. The van der Waals surface area contributed by atoms with Gasteiger partial charge in [-0.3, -0.25) is 4.57 Å². The highest BCUT2D eigenvalue weighted by molar-refractivity contribution is 7.15. The van der Waals surface area contributed by atoms with E-state index < -0.39 is 0 Å². The van der Waals surface area contributed by atoms with E-state index >= 15 is 0 Å². The summed E-state index contributed by atoms with van der Waals surface area (Å²) in [6, 6.07) is 18.2. The van der Waals surface area contributed by atoms with Crippen LogP contribution in [0, 0.1) is 18.3 Å². The molecule has 6 nitrogen and oxygen atoms in total. The second-order valence-corrected chi connectivity index (χ2v) is 7.94. The van der Waals surface area contributed by atoms with Crippen LogP contribution >= 0.6 is 11.3 Å². The lowest BCUT2D eigenvalue weighted by molar-refractivity contribution is 0.0608. The number of hydrogen-bond donors (Lipinski definition) is 0. The highest BCUT2D eigenvalue weighted by atomic mass is 32.1. The van der Waals surface area contributed by atoms with Crippen LogP contribution in [0.25, 0.3) is 22.2 Å². The highest BCUT2D eigenvalue weighted by Gasteiger charge is 2.24. The minimum absolute atomic E-state index is 0.384. The lowest BCUT2D eigenvalue weighted by Gasteiger charge is -2.10. The van der Waals surface area contributed by atoms with Gasteiger partial charge in [0.2, 0.25) is 0 Å². The lowest BCUT2D eigenvalue weighted by Crippen LogP contribution is -2.06. The Bertz CT molecular complexity index is 1280. The van der Waals surface area contributed by atoms with E-state index in [0.717, 1.165) is 32.6 Å². The molecule has 0 spiro atoms. The molecule has 150 valence electrons. The Balaban J connectivity index is 1.74. The van der Waals surface area contributed by atoms with Crippen molar-refractivity contribution in [1.29, 1.82) is 5.26 Å². The van der Waals surface area contributed by atoms with Crippen molar-refractivity contribution in [2.75, 3.05) is 14.2 Å². The molecule has 0 amide bonds. The number of esters is 1. The molecule has 2 aromatic carbocycles. The predicted molar refractivity (Wildman–Crippen MR) is 116 cm³/mol. The van der Waals surface area contributed by atoms with Crippen molar-refractivity contribution in [2.45, 2.75) is 13.5 Å². The lowest BCUT2D eigenvalue weighted by atomic mass is 9.99. The van der Waals surface area contributed by atoms with Gasteiger partial charge < -0.3 is 9.47 Å². The zero-order valence-electron chi connectivity index (χ0n) is 16.8. The van der Waals surface area contributed by atoms with Crippen molar-refractivity contribution in [3.05, 3.63) is 69.4 Å². The second kappa shape index (κ2) is 8.01. The molecule has 0 radical (unpaired) electrons. The van der Waals surface area contributed by atoms with Crippen molar-refractivity contribution in [3.8, 4) is 23.2 Å². The van der Waals surface area contributed by atoms with Crippen LogP contribution in [0.4, 0.5) is 0 Å². The summed E-state index contributed by atoms with van der Waals surface area (Å²) in [5.74, 6) is -0.384. The maximum atomic E-state index is 12.3. The Morgan fingerprint density at radius 3 is 2.57 bits per heavy atom. The van der Waals surface area contributed by atoms with E-state index in [0.29, 0.717) is 23.0 Å². The first-order chi connectivity index (χ1) is 14.6. The number of aromatic nitrogens is 2. The smallest absolute Gasteiger partial charge is 0.350 e. The molecule has 0 bridgehead atoms. The standard InChI is InChI=1S/C23H19N3O3S/c1-14-19-20(21(30-14)22(27)28-2)26(23(25-19)29-3)13-15-8-10-16(11-9-15)18-7-5-4-6-17(18)12-24/h4-11H,13H2,1-3H3. The van der Waals surface area contributed by atoms with Crippen molar-refractivity contribution < 1.29 is 14.3 Å². The minimum atomic E-state index is -0.384. The number of ether oxygens (including phenoxy) is 2. The third kappa shape index (κ3) is 3.31. The van der Waals surface area contributed by atoms with Crippen LogP contribution in [0.2, 0.25) is 0 Å². The molecule has 4 aromatic rings.